The number of pyridine rings is 1. The number of nitrogens with zero attached hydrogens (tertiary/aromatic N) is 1. The Bertz CT molecular complexity index is 895. The highest BCUT2D eigenvalue weighted by atomic mass is 79.9. The van der Waals surface area contributed by atoms with E-state index < -0.39 is 0 Å². The predicted octanol–water partition coefficient (Wildman–Crippen LogP) is 4.28. The summed E-state index contributed by atoms with van der Waals surface area (Å²) in [6, 6.07) is 17.9. The molecule has 0 spiro atoms. The fourth-order valence-corrected chi connectivity index (χ4v) is 2.60. The third-order valence-corrected chi connectivity index (χ3v) is 4.16. The number of rotatable bonds is 5. The van der Waals surface area contributed by atoms with Crippen LogP contribution >= 0.6 is 15.9 Å². The zero-order valence-electron chi connectivity index (χ0n) is 13.8. The molecular weight excluding hydrogens is 394 g/mol. The summed E-state index contributed by atoms with van der Waals surface area (Å²) >= 11 is 3.37. The maximum atomic E-state index is 12.2. The summed E-state index contributed by atoms with van der Waals surface area (Å²) in [7, 11) is 0. The molecule has 2 aromatic carbocycles. The Morgan fingerprint density at radius 1 is 0.885 bits per heavy atom. The number of carbonyl (C=O) groups is 2. The van der Waals surface area contributed by atoms with E-state index in [0.29, 0.717) is 16.9 Å². The Labute approximate surface area is 159 Å². The molecule has 0 atom stereocenters. The van der Waals surface area contributed by atoms with Crippen LogP contribution in [0.5, 0.6) is 0 Å². The molecule has 0 saturated heterocycles. The average molecular weight is 410 g/mol. The number of amides is 2. The van der Waals surface area contributed by atoms with Crippen LogP contribution in [0.3, 0.4) is 0 Å². The van der Waals surface area contributed by atoms with Crippen LogP contribution in [-0.4, -0.2) is 16.8 Å². The molecule has 1 heterocycles. The Hall–Kier alpha value is -2.99. The van der Waals surface area contributed by atoms with Gasteiger partial charge in [0.1, 0.15) is 0 Å². The zero-order valence-corrected chi connectivity index (χ0v) is 15.4. The highest BCUT2D eigenvalue weighted by Gasteiger charge is 2.08. The molecule has 3 rings (SSSR count). The highest BCUT2D eigenvalue weighted by Crippen LogP contribution is 2.14. The van der Waals surface area contributed by atoms with E-state index in [4.69, 9.17) is 0 Å². The van der Waals surface area contributed by atoms with Crippen molar-refractivity contribution in [1.29, 1.82) is 0 Å². The summed E-state index contributed by atoms with van der Waals surface area (Å²) in [4.78, 5) is 28.3. The van der Waals surface area contributed by atoms with Crippen LogP contribution in [0.15, 0.2) is 77.5 Å². The fraction of sp³-hybridized carbons (Fsp3) is 0.0500. The second kappa shape index (κ2) is 8.40. The summed E-state index contributed by atoms with van der Waals surface area (Å²) < 4.78 is 0.974. The lowest BCUT2D eigenvalue weighted by Gasteiger charge is -2.08. The van der Waals surface area contributed by atoms with Gasteiger partial charge in [0.2, 0.25) is 5.91 Å². The molecule has 0 aliphatic rings. The molecule has 130 valence electrons. The van der Waals surface area contributed by atoms with Crippen LogP contribution in [-0.2, 0) is 11.2 Å². The van der Waals surface area contributed by atoms with Gasteiger partial charge < -0.3 is 10.6 Å². The lowest BCUT2D eigenvalue weighted by atomic mass is 10.1. The molecule has 0 bridgehead atoms. The minimum absolute atomic E-state index is 0.111. The predicted molar refractivity (Wildman–Crippen MR) is 105 cm³/mol. The van der Waals surface area contributed by atoms with Crippen molar-refractivity contribution >= 4 is 39.1 Å². The van der Waals surface area contributed by atoms with E-state index in [1.807, 2.05) is 24.3 Å². The molecular formula is C20H16BrN3O2. The van der Waals surface area contributed by atoms with Gasteiger partial charge in [-0.1, -0.05) is 28.1 Å². The first kappa shape index (κ1) is 17.8. The first-order chi connectivity index (χ1) is 12.6. The third kappa shape index (κ3) is 5.00. The smallest absolute Gasteiger partial charge is 0.255 e. The van der Waals surface area contributed by atoms with Crippen molar-refractivity contribution in [2.75, 3.05) is 10.6 Å². The van der Waals surface area contributed by atoms with Crippen LogP contribution in [0.4, 0.5) is 11.4 Å². The van der Waals surface area contributed by atoms with Crippen molar-refractivity contribution in [2.45, 2.75) is 6.42 Å². The van der Waals surface area contributed by atoms with Gasteiger partial charge in [0.25, 0.3) is 5.91 Å². The van der Waals surface area contributed by atoms with Crippen molar-refractivity contribution in [3.05, 3.63) is 88.7 Å². The van der Waals surface area contributed by atoms with Gasteiger partial charge in [-0.3, -0.25) is 14.6 Å². The molecule has 3 aromatic rings. The summed E-state index contributed by atoms with van der Waals surface area (Å²) in [6.07, 6.45) is 3.51. The first-order valence-corrected chi connectivity index (χ1v) is 8.75. The zero-order chi connectivity index (χ0) is 18.4. The molecule has 2 amide bonds. The third-order valence-electron chi connectivity index (χ3n) is 3.63. The average Bonchev–Trinajstić information content (AvgIpc) is 2.65. The van der Waals surface area contributed by atoms with Gasteiger partial charge in [-0.2, -0.15) is 0 Å². The van der Waals surface area contributed by atoms with Crippen molar-refractivity contribution in [3.63, 3.8) is 0 Å². The van der Waals surface area contributed by atoms with Gasteiger partial charge in [0, 0.05) is 21.9 Å². The molecule has 0 radical (unpaired) electrons. The molecule has 0 saturated carbocycles. The molecule has 0 unspecified atom stereocenters. The molecule has 5 nitrogen and oxygen atoms in total. The highest BCUT2D eigenvalue weighted by molar-refractivity contribution is 9.10. The quantitative estimate of drug-likeness (QED) is 0.660. The van der Waals surface area contributed by atoms with Gasteiger partial charge in [-0.15, -0.1) is 0 Å². The van der Waals surface area contributed by atoms with Crippen LogP contribution in [0.25, 0.3) is 0 Å². The molecule has 0 aliphatic heterocycles. The number of benzene rings is 2. The van der Waals surface area contributed by atoms with Crippen LogP contribution < -0.4 is 10.6 Å². The largest absolute Gasteiger partial charge is 0.326 e. The Morgan fingerprint density at radius 3 is 2.27 bits per heavy atom. The summed E-state index contributed by atoms with van der Waals surface area (Å²) in [5, 5.41) is 5.59. The van der Waals surface area contributed by atoms with Gasteiger partial charge >= 0.3 is 0 Å². The molecule has 1 aromatic heterocycles. The number of hydrogen-bond acceptors (Lipinski definition) is 3. The summed E-state index contributed by atoms with van der Waals surface area (Å²) in [5.41, 5.74) is 2.70. The van der Waals surface area contributed by atoms with Gasteiger partial charge in [-0.25, -0.2) is 0 Å². The molecule has 2 N–H and O–H groups in total. The molecule has 6 heteroatoms. The van der Waals surface area contributed by atoms with E-state index in [0.717, 1.165) is 10.0 Å². The summed E-state index contributed by atoms with van der Waals surface area (Å²) in [5.74, 6) is -0.342. The van der Waals surface area contributed by atoms with Gasteiger partial charge in [0.15, 0.2) is 0 Å². The van der Waals surface area contributed by atoms with E-state index in [1.54, 1.807) is 48.8 Å². The van der Waals surface area contributed by atoms with Crippen LogP contribution in [0, 0.1) is 0 Å². The van der Waals surface area contributed by atoms with E-state index in [1.165, 1.54) is 0 Å². The minimum atomic E-state index is -0.231. The fourth-order valence-electron chi connectivity index (χ4n) is 2.34. The van der Waals surface area contributed by atoms with E-state index in [9.17, 15) is 9.59 Å². The topological polar surface area (TPSA) is 71.1 Å². The normalized spacial score (nSPS) is 10.2. The second-order valence-electron chi connectivity index (χ2n) is 5.62. The van der Waals surface area contributed by atoms with Crippen molar-refractivity contribution in [3.8, 4) is 0 Å². The number of aromatic nitrogens is 1. The van der Waals surface area contributed by atoms with Crippen LogP contribution in [0.1, 0.15) is 15.9 Å². The van der Waals surface area contributed by atoms with Crippen molar-refractivity contribution in [1.82, 2.24) is 4.98 Å². The minimum Gasteiger partial charge on any atom is -0.326 e. The lowest BCUT2D eigenvalue weighted by molar-refractivity contribution is -0.115. The van der Waals surface area contributed by atoms with Crippen molar-refractivity contribution < 1.29 is 9.59 Å². The Morgan fingerprint density at radius 2 is 1.62 bits per heavy atom. The number of anilines is 2. The number of nitrogens with one attached hydrogen (secondary N) is 2. The second-order valence-corrected chi connectivity index (χ2v) is 6.54. The lowest BCUT2D eigenvalue weighted by Crippen LogP contribution is -2.15. The molecule has 26 heavy (non-hydrogen) atoms. The van der Waals surface area contributed by atoms with Gasteiger partial charge in [-0.05, 0) is 54.1 Å². The van der Waals surface area contributed by atoms with Crippen molar-refractivity contribution in [2.24, 2.45) is 0 Å². The Balaban J connectivity index is 1.57. The maximum absolute atomic E-state index is 12.2. The standard InChI is InChI=1S/C20H16BrN3O2/c21-16-7-3-14(4-8-16)12-19(25)23-17-9-5-15(6-10-17)20(26)24-18-2-1-11-22-13-18/h1-11,13H,12H2,(H,23,25)(H,24,26). The summed E-state index contributed by atoms with van der Waals surface area (Å²) in [6.45, 7) is 0. The van der Waals surface area contributed by atoms with E-state index >= 15 is 0 Å². The van der Waals surface area contributed by atoms with Crippen LogP contribution in [0.2, 0.25) is 0 Å². The SMILES string of the molecule is O=C(Cc1ccc(Br)cc1)Nc1ccc(C(=O)Nc2cccnc2)cc1. The number of carbonyl (C=O) groups excluding carboxylic acids is 2. The number of hydrogen-bond donors (Lipinski definition) is 2. The molecule has 0 fully saturated rings. The van der Waals surface area contributed by atoms with E-state index in [2.05, 4.69) is 31.5 Å². The van der Waals surface area contributed by atoms with Gasteiger partial charge in [0.05, 0.1) is 18.3 Å². The monoisotopic (exact) mass is 409 g/mol. The Kier molecular flexibility index (Phi) is 5.76. The van der Waals surface area contributed by atoms with E-state index in [-0.39, 0.29) is 18.2 Å². The first-order valence-electron chi connectivity index (χ1n) is 7.96. The maximum Gasteiger partial charge on any atom is 0.255 e. The molecule has 0 aliphatic carbocycles. The number of halogens is 1.